The molecule has 2 aromatic rings. The summed E-state index contributed by atoms with van der Waals surface area (Å²) >= 11 is 0. The Morgan fingerprint density at radius 1 is 1.03 bits per heavy atom. The van der Waals surface area contributed by atoms with E-state index in [1.54, 1.807) is 26.2 Å². The number of carbonyl (C=O) groups is 2. The van der Waals surface area contributed by atoms with Crippen LogP contribution in [0.15, 0.2) is 53.4 Å². The summed E-state index contributed by atoms with van der Waals surface area (Å²) in [4.78, 5) is 24.4. The van der Waals surface area contributed by atoms with Crippen molar-refractivity contribution in [2.24, 2.45) is 0 Å². The molecule has 0 aliphatic heterocycles. The minimum atomic E-state index is -3.60. The number of esters is 1. The lowest BCUT2D eigenvalue weighted by Gasteiger charge is -2.14. The van der Waals surface area contributed by atoms with Crippen LogP contribution in [0.2, 0.25) is 0 Å². The first-order chi connectivity index (χ1) is 13.8. The predicted molar refractivity (Wildman–Crippen MR) is 107 cm³/mol. The molecule has 0 heterocycles. The van der Waals surface area contributed by atoms with Gasteiger partial charge in [-0.05, 0) is 48.9 Å². The molecule has 9 heteroatoms. The molecule has 0 saturated carbocycles. The quantitative estimate of drug-likeness (QED) is 0.599. The first-order valence-corrected chi connectivity index (χ1v) is 10.5. The van der Waals surface area contributed by atoms with Gasteiger partial charge in [0.05, 0.1) is 17.6 Å². The molecule has 0 fully saturated rings. The standard InChI is InChI=1S/C20H24N2O6S/c1-4-22-29(25,26)18-11-7-16(8-12-18)20(24)28-14(2)19(23)21-13-15-5-9-17(27-3)10-6-15/h5-12,14,22H,4,13H2,1-3H3,(H,21,23)/t14-/m0/s1. The number of hydrogen-bond donors (Lipinski definition) is 2. The summed E-state index contributed by atoms with van der Waals surface area (Å²) in [7, 11) is -2.03. The average molecular weight is 420 g/mol. The van der Waals surface area contributed by atoms with Crippen LogP contribution in [0.5, 0.6) is 5.75 Å². The van der Waals surface area contributed by atoms with Gasteiger partial charge >= 0.3 is 5.97 Å². The van der Waals surface area contributed by atoms with Gasteiger partial charge < -0.3 is 14.8 Å². The van der Waals surface area contributed by atoms with Crippen molar-refractivity contribution in [2.45, 2.75) is 31.4 Å². The van der Waals surface area contributed by atoms with Gasteiger partial charge in [0.25, 0.3) is 5.91 Å². The molecule has 29 heavy (non-hydrogen) atoms. The molecular weight excluding hydrogens is 396 g/mol. The maximum Gasteiger partial charge on any atom is 0.338 e. The molecule has 0 aliphatic rings. The largest absolute Gasteiger partial charge is 0.497 e. The van der Waals surface area contributed by atoms with E-state index in [1.807, 2.05) is 12.1 Å². The molecule has 0 unspecified atom stereocenters. The van der Waals surface area contributed by atoms with Crippen LogP contribution in [0, 0.1) is 0 Å². The van der Waals surface area contributed by atoms with Gasteiger partial charge in [0, 0.05) is 13.1 Å². The van der Waals surface area contributed by atoms with Crippen LogP contribution in [-0.4, -0.2) is 40.1 Å². The second-order valence-electron chi connectivity index (χ2n) is 6.14. The molecule has 0 bridgehead atoms. The van der Waals surface area contributed by atoms with Crippen molar-refractivity contribution >= 4 is 21.9 Å². The maximum absolute atomic E-state index is 12.2. The van der Waals surface area contributed by atoms with Crippen LogP contribution in [0.25, 0.3) is 0 Å². The molecule has 2 aromatic carbocycles. The second-order valence-corrected chi connectivity index (χ2v) is 7.91. The monoisotopic (exact) mass is 420 g/mol. The third-order valence-electron chi connectivity index (χ3n) is 4.01. The summed E-state index contributed by atoms with van der Waals surface area (Å²) in [5.41, 5.74) is 1.02. The van der Waals surface area contributed by atoms with E-state index in [0.29, 0.717) is 5.75 Å². The van der Waals surface area contributed by atoms with Crippen LogP contribution in [0.4, 0.5) is 0 Å². The molecule has 156 valence electrons. The van der Waals surface area contributed by atoms with Gasteiger partial charge in [-0.15, -0.1) is 0 Å². The normalized spacial score (nSPS) is 12.1. The van der Waals surface area contributed by atoms with Crippen LogP contribution in [-0.2, 0) is 26.1 Å². The second kappa shape index (κ2) is 10.0. The highest BCUT2D eigenvalue weighted by atomic mass is 32.2. The Bertz CT molecular complexity index is 940. The minimum Gasteiger partial charge on any atom is -0.497 e. The SMILES string of the molecule is CCNS(=O)(=O)c1ccc(C(=O)O[C@@H](C)C(=O)NCc2ccc(OC)cc2)cc1. The smallest absolute Gasteiger partial charge is 0.338 e. The average Bonchev–Trinajstić information content (AvgIpc) is 2.72. The number of sulfonamides is 1. The molecule has 0 saturated heterocycles. The van der Waals surface area contributed by atoms with E-state index in [1.165, 1.54) is 31.2 Å². The van der Waals surface area contributed by atoms with Crippen molar-refractivity contribution in [3.05, 3.63) is 59.7 Å². The zero-order valence-corrected chi connectivity index (χ0v) is 17.3. The molecule has 2 rings (SSSR count). The van der Waals surface area contributed by atoms with Crippen molar-refractivity contribution in [2.75, 3.05) is 13.7 Å². The number of carbonyl (C=O) groups excluding carboxylic acids is 2. The van der Waals surface area contributed by atoms with Gasteiger partial charge in [-0.1, -0.05) is 19.1 Å². The van der Waals surface area contributed by atoms with Crippen LogP contribution >= 0.6 is 0 Å². The van der Waals surface area contributed by atoms with E-state index >= 15 is 0 Å². The van der Waals surface area contributed by atoms with E-state index in [2.05, 4.69) is 10.0 Å². The first kappa shape index (κ1) is 22.4. The van der Waals surface area contributed by atoms with E-state index < -0.39 is 28.0 Å². The molecule has 0 aliphatic carbocycles. The van der Waals surface area contributed by atoms with Crippen LogP contribution in [0.1, 0.15) is 29.8 Å². The van der Waals surface area contributed by atoms with Crippen molar-refractivity contribution in [3.63, 3.8) is 0 Å². The van der Waals surface area contributed by atoms with Crippen LogP contribution < -0.4 is 14.8 Å². The van der Waals surface area contributed by atoms with Crippen molar-refractivity contribution in [1.29, 1.82) is 0 Å². The van der Waals surface area contributed by atoms with E-state index in [-0.39, 0.29) is 23.5 Å². The number of methoxy groups -OCH3 is 1. The van der Waals surface area contributed by atoms with Gasteiger partial charge in [0.15, 0.2) is 6.10 Å². The molecule has 0 radical (unpaired) electrons. The Hall–Kier alpha value is -2.91. The van der Waals surface area contributed by atoms with Crippen LogP contribution in [0.3, 0.4) is 0 Å². The van der Waals surface area contributed by atoms with E-state index in [9.17, 15) is 18.0 Å². The number of rotatable bonds is 9. The zero-order valence-electron chi connectivity index (χ0n) is 16.5. The minimum absolute atomic E-state index is 0.0428. The van der Waals surface area contributed by atoms with E-state index in [4.69, 9.17) is 9.47 Å². The highest BCUT2D eigenvalue weighted by Crippen LogP contribution is 2.13. The van der Waals surface area contributed by atoms with Crippen molar-refractivity contribution in [3.8, 4) is 5.75 Å². The Kier molecular flexibility index (Phi) is 7.74. The molecule has 0 aromatic heterocycles. The fourth-order valence-corrected chi connectivity index (χ4v) is 3.44. The number of nitrogens with one attached hydrogen (secondary N) is 2. The summed E-state index contributed by atoms with van der Waals surface area (Å²) in [6.07, 6.45) is -1.01. The summed E-state index contributed by atoms with van der Waals surface area (Å²) < 4.78 is 36.4. The zero-order chi connectivity index (χ0) is 21.4. The van der Waals surface area contributed by atoms with Crippen molar-refractivity contribution < 1.29 is 27.5 Å². The molecule has 2 N–H and O–H groups in total. The summed E-state index contributed by atoms with van der Waals surface area (Å²) in [5, 5.41) is 2.69. The maximum atomic E-state index is 12.2. The fourth-order valence-electron chi connectivity index (χ4n) is 2.40. The lowest BCUT2D eigenvalue weighted by Crippen LogP contribution is -2.35. The van der Waals surface area contributed by atoms with Gasteiger partial charge in [-0.3, -0.25) is 4.79 Å². The third kappa shape index (κ3) is 6.30. The van der Waals surface area contributed by atoms with Gasteiger partial charge in [0.2, 0.25) is 10.0 Å². The molecule has 8 nitrogen and oxygen atoms in total. The number of hydrogen-bond acceptors (Lipinski definition) is 6. The Labute approximate surface area is 170 Å². The number of ether oxygens (including phenoxy) is 2. The highest BCUT2D eigenvalue weighted by Gasteiger charge is 2.20. The summed E-state index contributed by atoms with van der Waals surface area (Å²) in [6.45, 7) is 3.67. The third-order valence-corrected chi connectivity index (χ3v) is 5.57. The Morgan fingerprint density at radius 3 is 2.21 bits per heavy atom. The number of benzene rings is 2. The molecule has 1 atom stereocenters. The summed E-state index contributed by atoms with van der Waals surface area (Å²) in [5.74, 6) is -0.448. The van der Waals surface area contributed by atoms with E-state index in [0.717, 1.165) is 5.56 Å². The number of amides is 1. The summed E-state index contributed by atoms with van der Waals surface area (Å²) in [6, 6.07) is 12.5. The first-order valence-electron chi connectivity index (χ1n) is 8.98. The van der Waals surface area contributed by atoms with Gasteiger partial charge in [-0.25, -0.2) is 17.9 Å². The Balaban J connectivity index is 1.90. The highest BCUT2D eigenvalue weighted by molar-refractivity contribution is 7.89. The van der Waals surface area contributed by atoms with Gasteiger partial charge in [0.1, 0.15) is 5.75 Å². The lowest BCUT2D eigenvalue weighted by molar-refractivity contribution is -0.129. The Morgan fingerprint density at radius 2 is 1.66 bits per heavy atom. The molecule has 1 amide bonds. The van der Waals surface area contributed by atoms with Crippen molar-refractivity contribution in [1.82, 2.24) is 10.0 Å². The molecule has 0 spiro atoms. The predicted octanol–water partition coefficient (Wildman–Crippen LogP) is 1.86. The topological polar surface area (TPSA) is 111 Å². The fraction of sp³-hybridized carbons (Fsp3) is 0.300. The van der Waals surface area contributed by atoms with Gasteiger partial charge in [-0.2, -0.15) is 0 Å². The molecular formula is C20H24N2O6S. The lowest BCUT2D eigenvalue weighted by atomic mass is 10.2.